The maximum Gasteiger partial charge on any atom is 0.246 e. The summed E-state index contributed by atoms with van der Waals surface area (Å²) in [6, 6.07) is 2.49. The highest BCUT2D eigenvalue weighted by Gasteiger charge is 2.47. The molecule has 0 bridgehead atoms. The monoisotopic (exact) mass is 331 g/mol. The quantitative estimate of drug-likeness (QED) is 0.904. The van der Waals surface area contributed by atoms with Gasteiger partial charge in [-0.15, -0.1) is 0 Å². The smallest absolute Gasteiger partial charge is 0.246 e. The Morgan fingerprint density at radius 3 is 2.59 bits per heavy atom. The first-order chi connectivity index (χ1) is 10.3. The zero-order valence-electron chi connectivity index (χ0n) is 12.1. The molecule has 1 aliphatic heterocycles. The minimum atomic E-state index is -4.02. The molecule has 1 N–H and O–H groups in total. The van der Waals surface area contributed by atoms with Crippen LogP contribution in [-0.4, -0.2) is 37.0 Å². The number of rotatable bonds is 2. The summed E-state index contributed by atoms with van der Waals surface area (Å²) >= 11 is 0. The number of aliphatic hydroxyl groups excluding tert-OH is 1. The standard InChI is InChI=1S/C15H19F2NO3S/c16-11-4-5-13(12(17)9-11)22(20,21)18-8-2-7-15(10-18)6-1-3-14(15)19/h4-5,9,14,19H,1-3,6-8,10H2/t14-,15-/m1/s1. The lowest BCUT2D eigenvalue weighted by Gasteiger charge is -2.41. The zero-order chi connectivity index (χ0) is 16.0. The van der Waals surface area contributed by atoms with Crippen LogP contribution in [0.1, 0.15) is 32.1 Å². The highest BCUT2D eigenvalue weighted by Crippen LogP contribution is 2.46. The molecule has 0 unspecified atom stereocenters. The molecule has 7 heteroatoms. The van der Waals surface area contributed by atoms with Crippen molar-refractivity contribution in [2.45, 2.75) is 43.1 Å². The van der Waals surface area contributed by atoms with Crippen LogP contribution in [-0.2, 0) is 10.0 Å². The molecule has 122 valence electrons. The van der Waals surface area contributed by atoms with Crippen LogP contribution in [0.2, 0.25) is 0 Å². The molecule has 3 rings (SSSR count). The fourth-order valence-electron chi connectivity index (χ4n) is 3.74. The Kier molecular flexibility index (Phi) is 3.99. The van der Waals surface area contributed by atoms with Gasteiger partial charge in [-0.3, -0.25) is 0 Å². The highest BCUT2D eigenvalue weighted by atomic mass is 32.2. The van der Waals surface area contributed by atoms with E-state index in [0.717, 1.165) is 31.4 Å². The molecular formula is C15H19F2NO3S. The SMILES string of the molecule is O=S(=O)(c1ccc(F)cc1F)N1CCC[C@]2(CCC[C@H]2O)C1. The maximum atomic E-state index is 13.9. The fraction of sp³-hybridized carbons (Fsp3) is 0.600. The average Bonchev–Trinajstić information content (AvgIpc) is 2.79. The third-order valence-corrected chi connectivity index (χ3v) is 6.82. The highest BCUT2D eigenvalue weighted by molar-refractivity contribution is 7.89. The Balaban J connectivity index is 1.92. The first kappa shape index (κ1) is 15.8. The zero-order valence-corrected chi connectivity index (χ0v) is 13.0. The molecule has 1 saturated heterocycles. The first-order valence-electron chi connectivity index (χ1n) is 7.48. The van der Waals surface area contributed by atoms with Gasteiger partial charge in [0.2, 0.25) is 10.0 Å². The van der Waals surface area contributed by atoms with Gasteiger partial charge in [0.25, 0.3) is 0 Å². The molecule has 1 spiro atoms. The van der Waals surface area contributed by atoms with Gasteiger partial charge < -0.3 is 5.11 Å². The minimum absolute atomic E-state index is 0.202. The van der Waals surface area contributed by atoms with Crippen molar-refractivity contribution < 1.29 is 22.3 Å². The van der Waals surface area contributed by atoms with Crippen molar-refractivity contribution >= 4 is 10.0 Å². The molecule has 2 fully saturated rings. The molecular weight excluding hydrogens is 312 g/mol. The van der Waals surface area contributed by atoms with E-state index < -0.39 is 38.1 Å². The van der Waals surface area contributed by atoms with Gasteiger partial charge in [0.15, 0.2) is 0 Å². The minimum Gasteiger partial charge on any atom is -0.392 e. The topological polar surface area (TPSA) is 57.6 Å². The van der Waals surface area contributed by atoms with E-state index in [1.807, 2.05) is 0 Å². The van der Waals surface area contributed by atoms with Crippen molar-refractivity contribution in [1.29, 1.82) is 0 Å². The van der Waals surface area contributed by atoms with E-state index in [2.05, 4.69) is 0 Å². The van der Waals surface area contributed by atoms with Gasteiger partial charge in [-0.25, -0.2) is 17.2 Å². The normalized spacial score (nSPS) is 30.0. The van der Waals surface area contributed by atoms with Gasteiger partial charge >= 0.3 is 0 Å². The van der Waals surface area contributed by atoms with Crippen LogP contribution in [0.4, 0.5) is 8.78 Å². The lowest BCUT2D eigenvalue weighted by atomic mass is 9.77. The van der Waals surface area contributed by atoms with Crippen molar-refractivity contribution in [3.8, 4) is 0 Å². The second kappa shape index (κ2) is 5.54. The second-order valence-corrected chi connectivity index (χ2v) is 8.19. The molecule has 1 saturated carbocycles. The largest absolute Gasteiger partial charge is 0.392 e. The number of sulfonamides is 1. The maximum absolute atomic E-state index is 13.9. The van der Waals surface area contributed by atoms with Crippen molar-refractivity contribution in [1.82, 2.24) is 4.31 Å². The fourth-order valence-corrected chi connectivity index (χ4v) is 5.36. The summed E-state index contributed by atoms with van der Waals surface area (Å²) in [4.78, 5) is -0.501. The van der Waals surface area contributed by atoms with E-state index in [4.69, 9.17) is 0 Å². The molecule has 0 aromatic heterocycles. The van der Waals surface area contributed by atoms with E-state index in [-0.39, 0.29) is 6.54 Å². The van der Waals surface area contributed by atoms with Crippen LogP contribution in [0.25, 0.3) is 0 Å². The first-order valence-corrected chi connectivity index (χ1v) is 8.92. The molecule has 1 aromatic rings. The number of piperidine rings is 1. The van der Waals surface area contributed by atoms with Gasteiger partial charge in [-0.2, -0.15) is 4.31 Å². The Bertz CT molecular complexity index is 679. The van der Waals surface area contributed by atoms with E-state index in [1.54, 1.807) is 0 Å². The van der Waals surface area contributed by atoms with Crippen molar-refractivity contribution in [3.63, 3.8) is 0 Å². The second-order valence-electron chi connectivity index (χ2n) is 6.29. The molecule has 0 radical (unpaired) electrons. The van der Waals surface area contributed by atoms with Crippen LogP contribution < -0.4 is 0 Å². The van der Waals surface area contributed by atoms with Gasteiger partial charge in [0.05, 0.1) is 6.10 Å². The van der Waals surface area contributed by atoms with Crippen LogP contribution in [0.3, 0.4) is 0 Å². The van der Waals surface area contributed by atoms with Gasteiger partial charge in [0, 0.05) is 24.6 Å². The molecule has 22 heavy (non-hydrogen) atoms. The number of halogens is 2. The van der Waals surface area contributed by atoms with Crippen LogP contribution >= 0.6 is 0 Å². The lowest BCUT2D eigenvalue weighted by Crippen LogP contribution is -2.49. The molecule has 1 heterocycles. The van der Waals surface area contributed by atoms with E-state index in [1.165, 1.54) is 4.31 Å². The van der Waals surface area contributed by atoms with Crippen LogP contribution in [0.15, 0.2) is 23.1 Å². The lowest BCUT2D eigenvalue weighted by molar-refractivity contribution is 0.0126. The van der Waals surface area contributed by atoms with Crippen molar-refractivity contribution in [3.05, 3.63) is 29.8 Å². The van der Waals surface area contributed by atoms with Crippen LogP contribution in [0, 0.1) is 17.0 Å². The third kappa shape index (κ3) is 2.55. The number of hydrogen-bond acceptors (Lipinski definition) is 3. The molecule has 0 amide bonds. The summed E-state index contributed by atoms with van der Waals surface area (Å²) in [6.45, 7) is 0.501. The van der Waals surface area contributed by atoms with Crippen molar-refractivity contribution in [2.24, 2.45) is 5.41 Å². The summed E-state index contributed by atoms with van der Waals surface area (Å²) in [6.07, 6.45) is 3.25. The summed E-state index contributed by atoms with van der Waals surface area (Å²) < 4.78 is 53.4. The van der Waals surface area contributed by atoms with Gasteiger partial charge in [-0.05, 0) is 37.8 Å². The molecule has 1 aromatic carbocycles. The average molecular weight is 331 g/mol. The van der Waals surface area contributed by atoms with Crippen LogP contribution in [0.5, 0.6) is 0 Å². The Labute approximate surface area is 128 Å². The summed E-state index contributed by atoms with van der Waals surface area (Å²) in [5.41, 5.74) is -0.415. The predicted molar refractivity (Wildman–Crippen MR) is 76.6 cm³/mol. The Hall–Kier alpha value is -1.05. The number of benzene rings is 1. The predicted octanol–water partition coefficient (Wildman–Crippen LogP) is 2.28. The van der Waals surface area contributed by atoms with E-state index in [9.17, 15) is 22.3 Å². The molecule has 4 nitrogen and oxygen atoms in total. The summed E-state index contributed by atoms with van der Waals surface area (Å²) in [7, 11) is -4.02. The Morgan fingerprint density at radius 1 is 1.23 bits per heavy atom. The van der Waals surface area contributed by atoms with E-state index >= 15 is 0 Å². The van der Waals surface area contributed by atoms with E-state index in [0.29, 0.717) is 25.5 Å². The van der Waals surface area contributed by atoms with Crippen molar-refractivity contribution in [2.75, 3.05) is 13.1 Å². The van der Waals surface area contributed by atoms with Gasteiger partial charge in [-0.1, -0.05) is 6.42 Å². The number of nitrogens with zero attached hydrogens (tertiary/aromatic N) is 1. The molecule has 2 atom stereocenters. The Morgan fingerprint density at radius 2 is 1.95 bits per heavy atom. The third-order valence-electron chi connectivity index (χ3n) is 4.94. The summed E-state index contributed by atoms with van der Waals surface area (Å²) in [5.74, 6) is -1.88. The molecule has 2 aliphatic rings. The summed E-state index contributed by atoms with van der Waals surface area (Å²) in [5, 5.41) is 10.2. The number of hydrogen-bond donors (Lipinski definition) is 1. The van der Waals surface area contributed by atoms with Gasteiger partial charge in [0.1, 0.15) is 16.5 Å². The molecule has 1 aliphatic carbocycles. The number of aliphatic hydroxyl groups is 1.